The molecule has 1 aliphatic carbocycles. The zero-order chi connectivity index (χ0) is 11.1. The van der Waals surface area contributed by atoms with Crippen LogP contribution in [0.3, 0.4) is 0 Å². The molecule has 1 fully saturated rings. The van der Waals surface area contributed by atoms with Gasteiger partial charge < -0.3 is 4.74 Å². The van der Waals surface area contributed by atoms with Crippen molar-refractivity contribution in [1.82, 2.24) is 9.78 Å². The summed E-state index contributed by atoms with van der Waals surface area (Å²) >= 11 is 3.21. The lowest BCUT2D eigenvalue weighted by Gasteiger charge is -2.12. The van der Waals surface area contributed by atoms with E-state index < -0.39 is 5.54 Å². The molecule has 15 heavy (non-hydrogen) atoms. The van der Waals surface area contributed by atoms with E-state index >= 15 is 0 Å². The number of carbonyl (C=O) groups excluding carboxylic acids is 1. The zero-order valence-corrected chi connectivity index (χ0v) is 9.61. The molecule has 5 nitrogen and oxygen atoms in total. The third kappa shape index (κ3) is 1.43. The molecule has 0 aliphatic heterocycles. The minimum absolute atomic E-state index is 0.283. The van der Waals surface area contributed by atoms with Crippen molar-refractivity contribution in [2.24, 2.45) is 0 Å². The molecule has 1 heterocycles. The third-order valence-corrected chi connectivity index (χ3v) is 3.08. The van der Waals surface area contributed by atoms with E-state index in [1.165, 1.54) is 11.8 Å². The van der Waals surface area contributed by atoms with Gasteiger partial charge in [0.15, 0.2) is 11.2 Å². The summed E-state index contributed by atoms with van der Waals surface area (Å²) in [6.45, 7) is 0. The average Bonchev–Trinajstić information content (AvgIpc) is 2.97. The molecule has 1 aliphatic rings. The van der Waals surface area contributed by atoms with Crippen molar-refractivity contribution in [3.05, 3.63) is 16.4 Å². The van der Waals surface area contributed by atoms with Gasteiger partial charge in [-0.05, 0) is 28.8 Å². The number of nitrogens with zero attached hydrogens (tertiary/aromatic N) is 3. The highest BCUT2D eigenvalue weighted by atomic mass is 79.9. The van der Waals surface area contributed by atoms with Gasteiger partial charge in [-0.2, -0.15) is 10.4 Å². The molecule has 0 aromatic carbocycles. The Morgan fingerprint density at radius 3 is 2.87 bits per heavy atom. The maximum Gasteiger partial charge on any atom is 0.333 e. The van der Waals surface area contributed by atoms with Crippen LogP contribution in [0.1, 0.15) is 18.5 Å². The molecule has 0 spiro atoms. The largest absolute Gasteiger partial charge is 0.467 e. The number of halogens is 1. The fourth-order valence-corrected chi connectivity index (χ4v) is 1.84. The Labute approximate surface area is 94.8 Å². The summed E-state index contributed by atoms with van der Waals surface area (Å²) in [6.07, 6.45) is 3.06. The molecule has 0 bridgehead atoms. The number of esters is 1. The van der Waals surface area contributed by atoms with Crippen LogP contribution in [0.15, 0.2) is 10.7 Å². The second kappa shape index (κ2) is 3.35. The van der Waals surface area contributed by atoms with Crippen LogP contribution in [-0.4, -0.2) is 22.9 Å². The van der Waals surface area contributed by atoms with Crippen LogP contribution in [0.2, 0.25) is 0 Å². The summed E-state index contributed by atoms with van der Waals surface area (Å²) in [4.78, 5) is 11.5. The van der Waals surface area contributed by atoms with Gasteiger partial charge in [-0.25, -0.2) is 4.79 Å². The van der Waals surface area contributed by atoms with Crippen LogP contribution in [0.4, 0.5) is 0 Å². The maximum atomic E-state index is 11.5. The third-order valence-electron chi connectivity index (χ3n) is 2.50. The summed E-state index contributed by atoms with van der Waals surface area (Å²) in [6, 6.07) is 1.94. The fraction of sp³-hybridized carbons (Fsp3) is 0.444. The fourth-order valence-electron chi connectivity index (χ4n) is 1.48. The van der Waals surface area contributed by atoms with Crippen LogP contribution in [0.5, 0.6) is 0 Å². The number of hydrogen-bond donors (Lipinski definition) is 0. The van der Waals surface area contributed by atoms with Crippen molar-refractivity contribution >= 4 is 21.9 Å². The Balaban J connectivity index is 2.39. The molecule has 0 atom stereocenters. The van der Waals surface area contributed by atoms with E-state index in [4.69, 9.17) is 10.00 Å². The van der Waals surface area contributed by atoms with Crippen LogP contribution < -0.4 is 0 Å². The maximum absolute atomic E-state index is 11.5. The SMILES string of the molecule is COC(=O)C1(n2cc(Br)c(C#N)n2)CC1. The van der Waals surface area contributed by atoms with Crippen LogP contribution in [-0.2, 0) is 15.1 Å². The monoisotopic (exact) mass is 269 g/mol. The molecule has 2 rings (SSSR count). The number of rotatable bonds is 2. The van der Waals surface area contributed by atoms with Gasteiger partial charge in [-0.1, -0.05) is 0 Å². The second-order valence-corrected chi connectivity index (χ2v) is 4.26. The Morgan fingerprint density at radius 1 is 1.80 bits per heavy atom. The molecule has 78 valence electrons. The van der Waals surface area contributed by atoms with Gasteiger partial charge in [0, 0.05) is 6.20 Å². The van der Waals surface area contributed by atoms with Gasteiger partial charge in [-0.3, -0.25) is 4.68 Å². The molecule has 0 N–H and O–H groups in total. The number of carbonyl (C=O) groups is 1. The molecule has 0 amide bonds. The normalized spacial score (nSPS) is 16.9. The summed E-state index contributed by atoms with van der Waals surface area (Å²) < 4.78 is 6.83. The Morgan fingerprint density at radius 2 is 2.47 bits per heavy atom. The van der Waals surface area contributed by atoms with Crippen molar-refractivity contribution in [3.63, 3.8) is 0 Å². The van der Waals surface area contributed by atoms with Gasteiger partial charge >= 0.3 is 5.97 Å². The van der Waals surface area contributed by atoms with Crippen molar-refractivity contribution in [2.45, 2.75) is 18.4 Å². The van der Waals surface area contributed by atoms with Gasteiger partial charge in [0.25, 0.3) is 0 Å². The first-order chi connectivity index (χ1) is 7.14. The Hall–Kier alpha value is -1.35. The van der Waals surface area contributed by atoms with Crippen LogP contribution in [0.25, 0.3) is 0 Å². The number of nitriles is 1. The topological polar surface area (TPSA) is 67.9 Å². The number of hydrogen-bond acceptors (Lipinski definition) is 4. The molecule has 1 saturated carbocycles. The summed E-state index contributed by atoms with van der Waals surface area (Å²) in [5.74, 6) is -0.304. The Kier molecular flexibility index (Phi) is 2.27. The van der Waals surface area contributed by atoms with E-state index in [2.05, 4.69) is 21.0 Å². The van der Waals surface area contributed by atoms with Crippen molar-refractivity contribution in [1.29, 1.82) is 5.26 Å². The van der Waals surface area contributed by atoms with Gasteiger partial charge in [0.1, 0.15) is 6.07 Å². The first kappa shape index (κ1) is 10.2. The highest BCUT2D eigenvalue weighted by Crippen LogP contribution is 2.44. The van der Waals surface area contributed by atoms with Crippen molar-refractivity contribution < 1.29 is 9.53 Å². The van der Waals surface area contributed by atoms with Gasteiger partial charge in [0.05, 0.1) is 11.6 Å². The van der Waals surface area contributed by atoms with Gasteiger partial charge in [-0.15, -0.1) is 0 Å². The highest BCUT2D eigenvalue weighted by molar-refractivity contribution is 9.10. The summed E-state index contributed by atoms with van der Waals surface area (Å²) in [5.41, 5.74) is -0.392. The molecule has 0 radical (unpaired) electrons. The molecule has 1 aromatic rings. The van der Waals surface area contributed by atoms with E-state index in [0.717, 1.165) is 0 Å². The first-order valence-corrected chi connectivity index (χ1v) is 5.17. The highest BCUT2D eigenvalue weighted by Gasteiger charge is 2.54. The van der Waals surface area contributed by atoms with Crippen LogP contribution >= 0.6 is 15.9 Å². The summed E-state index contributed by atoms with van der Waals surface area (Å²) in [7, 11) is 1.35. The lowest BCUT2D eigenvalue weighted by atomic mass is 10.3. The minimum atomic E-state index is -0.674. The quantitative estimate of drug-likeness (QED) is 0.757. The van der Waals surface area contributed by atoms with E-state index in [1.807, 2.05) is 6.07 Å². The van der Waals surface area contributed by atoms with E-state index in [1.54, 1.807) is 6.20 Å². The van der Waals surface area contributed by atoms with E-state index in [9.17, 15) is 4.79 Å². The van der Waals surface area contributed by atoms with Gasteiger partial charge in [0.2, 0.25) is 0 Å². The zero-order valence-electron chi connectivity index (χ0n) is 8.03. The molecule has 1 aromatic heterocycles. The lowest BCUT2D eigenvalue weighted by Crippen LogP contribution is -2.29. The number of methoxy groups -OCH3 is 1. The van der Waals surface area contributed by atoms with E-state index in [-0.39, 0.29) is 11.7 Å². The number of aromatic nitrogens is 2. The second-order valence-electron chi connectivity index (χ2n) is 3.41. The summed E-state index contributed by atoms with van der Waals surface area (Å²) in [5, 5.41) is 12.8. The molecule has 0 saturated heterocycles. The Bertz CT molecular complexity index is 456. The average molecular weight is 270 g/mol. The molecule has 0 unspecified atom stereocenters. The first-order valence-electron chi connectivity index (χ1n) is 4.38. The molecular formula is C9H8BrN3O2. The lowest BCUT2D eigenvalue weighted by molar-refractivity contribution is -0.146. The minimum Gasteiger partial charge on any atom is -0.467 e. The van der Waals surface area contributed by atoms with Crippen LogP contribution in [0, 0.1) is 11.3 Å². The van der Waals surface area contributed by atoms with E-state index in [0.29, 0.717) is 17.3 Å². The van der Waals surface area contributed by atoms with Crippen molar-refractivity contribution in [3.8, 4) is 6.07 Å². The number of ether oxygens (including phenoxy) is 1. The van der Waals surface area contributed by atoms with Crippen molar-refractivity contribution in [2.75, 3.05) is 7.11 Å². The smallest absolute Gasteiger partial charge is 0.333 e. The predicted octanol–water partition coefficient (Wildman–Crippen LogP) is 1.18. The predicted molar refractivity (Wildman–Crippen MR) is 53.9 cm³/mol. The standard InChI is InChI=1S/C9H8BrN3O2/c1-15-8(14)9(2-3-9)13-5-6(10)7(4-11)12-13/h5H,2-3H2,1H3. The molecule has 6 heteroatoms. The molecular weight excluding hydrogens is 262 g/mol.